The van der Waals surface area contributed by atoms with E-state index in [4.69, 9.17) is 0 Å². The fourth-order valence-corrected chi connectivity index (χ4v) is 3.74. The van der Waals surface area contributed by atoms with Crippen molar-refractivity contribution in [3.05, 3.63) is 33.8 Å². The van der Waals surface area contributed by atoms with Crippen LogP contribution in [0.25, 0.3) is 0 Å². The summed E-state index contributed by atoms with van der Waals surface area (Å²) in [6.45, 7) is 2.93. The van der Waals surface area contributed by atoms with Gasteiger partial charge in [-0.25, -0.2) is 0 Å². The molecule has 0 aromatic heterocycles. The largest absolute Gasteiger partial charge is 0.356 e. The van der Waals surface area contributed by atoms with Gasteiger partial charge in [0.2, 0.25) is 5.91 Å². The number of hydrogen-bond acceptors (Lipinski definition) is 2. The van der Waals surface area contributed by atoms with E-state index in [1.54, 1.807) is 0 Å². The highest BCUT2D eigenvalue weighted by atomic mass is 79.9. The number of carbonyl (C=O) groups is 1. The number of benzene rings is 1. The molecule has 1 aliphatic heterocycles. The Morgan fingerprint density at radius 2 is 2.37 bits per heavy atom. The predicted octanol–water partition coefficient (Wildman–Crippen LogP) is 3.56. The Balaban J connectivity index is 1.71. The van der Waals surface area contributed by atoms with E-state index in [-0.39, 0.29) is 5.91 Å². The van der Waals surface area contributed by atoms with Gasteiger partial charge in [-0.2, -0.15) is 11.8 Å². The zero-order valence-corrected chi connectivity index (χ0v) is 13.6. The molecule has 1 saturated heterocycles. The summed E-state index contributed by atoms with van der Waals surface area (Å²) in [5, 5.41) is 3.06. The second-order valence-electron chi connectivity index (χ2n) is 5.12. The van der Waals surface area contributed by atoms with Gasteiger partial charge in [-0.3, -0.25) is 4.79 Å². The Labute approximate surface area is 127 Å². The third-order valence-corrected chi connectivity index (χ3v) is 5.60. The Morgan fingerprint density at radius 1 is 1.53 bits per heavy atom. The number of carbonyl (C=O) groups excluding carboxylic acids is 1. The molecule has 1 aromatic carbocycles. The van der Waals surface area contributed by atoms with Crippen molar-refractivity contribution in [3.8, 4) is 0 Å². The molecule has 1 heterocycles. The van der Waals surface area contributed by atoms with Crippen LogP contribution in [0.15, 0.2) is 22.7 Å². The molecule has 0 radical (unpaired) electrons. The first-order valence-corrected chi connectivity index (χ1v) is 8.69. The molecular weight excluding hydrogens is 322 g/mol. The maximum Gasteiger partial charge on any atom is 0.220 e. The number of rotatable bonds is 5. The minimum absolute atomic E-state index is 0.178. The number of amides is 1. The summed E-state index contributed by atoms with van der Waals surface area (Å²) >= 11 is 5.48. The first kappa shape index (κ1) is 14.9. The van der Waals surface area contributed by atoms with Gasteiger partial charge < -0.3 is 5.32 Å². The van der Waals surface area contributed by atoms with Crippen LogP contribution >= 0.6 is 27.7 Å². The van der Waals surface area contributed by atoms with Crippen LogP contribution < -0.4 is 5.32 Å². The van der Waals surface area contributed by atoms with Crippen LogP contribution in [0.4, 0.5) is 0 Å². The normalized spacial score (nSPS) is 18.5. The van der Waals surface area contributed by atoms with Gasteiger partial charge in [-0.05, 0) is 54.4 Å². The molecule has 0 bridgehead atoms. The third kappa shape index (κ3) is 4.84. The van der Waals surface area contributed by atoms with Crippen molar-refractivity contribution in [1.82, 2.24) is 5.32 Å². The van der Waals surface area contributed by atoms with E-state index >= 15 is 0 Å². The molecule has 1 fully saturated rings. The van der Waals surface area contributed by atoms with E-state index < -0.39 is 0 Å². The molecule has 2 rings (SSSR count). The molecular formula is C15H20BrNOS. The quantitative estimate of drug-likeness (QED) is 0.887. The average Bonchev–Trinajstić information content (AvgIpc) is 2.91. The zero-order valence-electron chi connectivity index (χ0n) is 11.2. The van der Waals surface area contributed by atoms with Crippen LogP contribution in [0.2, 0.25) is 0 Å². The minimum Gasteiger partial charge on any atom is -0.356 e. The SMILES string of the molecule is Cc1cc(CCC(=O)NC[C@@H]2CCSC2)ccc1Br. The highest BCUT2D eigenvalue weighted by Gasteiger charge is 2.15. The molecule has 1 amide bonds. The molecule has 104 valence electrons. The van der Waals surface area contributed by atoms with E-state index in [0.29, 0.717) is 12.3 Å². The molecule has 0 saturated carbocycles. The van der Waals surface area contributed by atoms with Crippen molar-refractivity contribution >= 4 is 33.6 Å². The predicted molar refractivity (Wildman–Crippen MR) is 85.6 cm³/mol. The van der Waals surface area contributed by atoms with Crippen molar-refractivity contribution in [1.29, 1.82) is 0 Å². The summed E-state index contributed by atoms with van der Waals surface area (Å²) in [7, 11) is 0. The number of thioether (sulfide) groups is 1. The molecule has 4 heteroatoms. The van der Waals surface area contributed by atoms with E-state index in [1.165, 1.54) is 29.1 Å². The first-order valence-electron chi connectivity index (χ1n) is 6.74. The third-order valence-electron chi connectivity index (χ3n) is 3.47. The highest BCUT2D eigenvalue weighted by Crippen LogP contribution is 2.22. The van der Waals surface area contributed by atoms with Gasteiger partial charge in [0.25, 0.3) is 0 Å². The number of aryl methyl sites for hydroxylation is 2. The van der Waals surface area contributed by atoms with Gasteiger partial charge in [-0.1, -0.05) is 28.1 Å². The maximum absolute atomic E-state index is 11.8. The van der Waals surface area contributed by atoms with Gasteiger partial charge in [-0.15, -0.1) is 0 Å². The van der Waals surface area contributed by atoms with Crippen LogP contribution in [0, 0.1) is 12.8 Å². The van der Waals surface area contributed by atoms with E-state index in [1.807, 2.05) is 11.8 Å². The lowest BCUT2D eigenvalue weighted by Gasteiger charge is -2.10. The van der Waals surface area contributed by atoms with Crippen molar-refractivity contribution in [2.75, 3.05) is 18.1 Å². The fourth-order valence-electron chi connectivity index (χ4n) is 2.21. The summed E-state index contributed by atoms with van der Waals surface area (Å²) in [5.74, 6) is 3.31. The lowest BCUT2D eigenvalue weighted by Crippen LogP contribution is -2.29. The average molecular weight is 342 g/mol. The Bertz CT molecular complexity index is 444. The lowest BCUT2D eigenvalue weighted by atomic mass is 10.1. The minimum atomic E-state index is 0.178. The fraction of sp³-hybridized carbons (Fsp3) is 0.533. The van der Waals surface area contributed by atoms with Crippen molar-refractivity contribution < 1.29 is 4.79 Å². The Hall–Kier alpha value is -0.480. The standard InChI is InChI=1S/C15H20BrNOS/c1-11-8-12(2-4-14(11)16)3-5-15(18)17-9-13-6-7-19-10-13/h2,4,8,13H,3,5-7,9-10H2,1H3,(H,17,18)/t13-/m0/s1. The van der Waals surface area contributed by atoms with E-state index in [0.717, 1.165) is 17.4 Å². The monoisotopic (exact) mass is 341 g/mol. The Kier molecular flexibility index (Phi) is 5.76. The highest BCUT2D eigenvalue weighted by molar-refractivity contribution is 9.10. The van der Waals surface area contributed by atoms with E-state index in [2.05, 4.69) is 46.4 Å². The van der Waals surface area contributed by atoms with Gasteiger partial charge in [0, 0.05) is 17.4 Å². The second kappa shape index (κ2) is 7.34. The summed E-state index contributed by atoms with van der Waals surface area (Å²) in [6.07, 6.45) is 2.65. The second-order valence-corrected chi connectivity index (χ2v) is 7.12. The van der Waals surface area contributed by atoms with Gasteiger partial charge in [0.05, 0.1) is 0 Å². The van der Waals surface area contributed by atoms with Gasteiger partial charge in [0.1, 0.15) is 0 Å². The number of hydrogen-bond donors (Lipinski definition) is 1. The number of nitrogens with one attached hydrogen (secondary N) is 1. The Morgan fingerprint density at radius 3 is 3.05 bits per heavy atom. The summed E-state index contributed by atoms with van der Waals surface area (Å²) in [5.41, 5.74) is 2.45. The van der Waals surface area contributed by atoms with Crippen molar-refractivity contribution in [2.24, 2.45) is 5.92 Å². The molecule has 2 nitrogen and oxygen atoms in total. The van der Waals surface area contributed by atoms with Crippen LogP contribution in [-0.2, 0) is 11.2 Å². The summed E-state index contributed by atoms with van der Waals surface area (Å²) < 4.78 is 1.12. The van der Waals surface area contributed by atoms with Gasteiger partial charge in [0.15, 0.2) is 0 Å². The number of halogens is 1. The molecule has 0 spiro atoms. The molecule has 1 atom stereocenters. The zero-order chi connectivity index (χ0) is 13.7. The smallest absolute Gasteiger partial charge is 0.220 e. The van der Waals surface area contributed by atoms with Crippen molar-refractivity contribution in [2.45, 2.75) is 26.2 Å². The molecule has 1 aliphatic rings. The van der Waals surface area contributed by atoms with Crippen LogP contribution in [0.1, 0.15) is 24.0 Å². The van der Waals surface area contributed by atoms with Crippen LogP contribution in [0.3, 0.4) is 0 Å². The molecule has 0 aliphatic carbocycles. The first-order chi connectivity index (χ1) is 9.15. The van der Waals surface area contributed by atoms with Crippen LogP contribution in [0.5, 0.6) is 0 Å². The summed E-state index contributed by atoms with van der Waals surface area (Å²) in [4.78, 5) is 11.8. The van der Waals surface area contributed by atoms with Crippen molar-refractivity contribution in [3.63, 3.8) is 0 Å². The lowest BCUT2D eigenvalue weighted by molar-refractivity contribution is -0.121. The van der Waals surface area contributed by atoms with Crippen LogP contribution in [-0.4, -0.2) is 24.0 Å². The molecule has 1 N–H and O–H groups in total. The molecule has 0 unspecified atom stereocenters. The summed E-state index contributed by atoms with van der Waals surface area (Å²) in [6, 6.07) is 6.28. The molecule has 1 aromatic rings. The molecule has 19 heavy (non-hydrogen) atoms. The topological polar surface area (TPSA) is 29.1 Å². The maximum atomic E-state index is 11.8. The van der Waals surface area contributed by atoms with Gasteiger partial charge >= 0.3 is 0 Å². The van der Waals surface area contributed by atoms with E-state index in [9.17, 15) is 4.79 Å².